The van der Waals surface area contributed by atoms with Crippen LogP contribution in [0.2, 0.25) is 0 Å². The van der Waals surface area contributed by atoms with E-state index in [0.717, 1.165) is 22.5 Å². The van der Waals surface area contributed by atoms with Gasteiger partial charge in [-0.1, -0.05) is 54.6 Å². The summed E-state index contributed by atoms with van der Waals surface area (Å²) in [4.78, 5) is 19.0. The first kappa shape index (κ1) is 17.5. The van der Waals surface area contributed by atoms with Gasteiger partial charge in [0.1, 0.15) is 18.0 Å². The van der Waals surface area contributed by atoms with Crippen molar-refractivity contribution < 1.29 is 9.90 Å². The molecule has 0 spiro atoms. The van der Waals surface area contributed by atoms with Crippen molar-refractivity contribution >= 4 is 5.91 Å². The lowest BCUT2D eigenvalue weighted by molar-refractivity contribution is -0.131. The molecule has 1 amide bonds. The average Bonchev–Trinajstić information content (AvgIpc) is 3.30. The van der Waals surface area contributed by atoms with Crippen LogP contribution in [-0.4, -0.2) is 38.6 Å². The highest BCUT2D eigenvalue weighted by atomic mass is 16.3. The van der Waals surface area contributed by atoms with Crippen LogP contribution in [0.4, 0.5) is 0 Å². The number of aliphatic hydroxyl groups is 1. The van der Waals surface area contributed by atoms with E-state index < -0.39 is 5.60 Å². The van der Waals surface area contributed by atoms with Crippen molar-refractivity contribution in [2.45, 2.75) is 25.5 Å². The SMILES string of the molecule is Cc1ccccc1[C@@]1(O)CCN(C(=O)Cn2ccnc2-c2ccccc2)C1. The Morgan fingerprint density at radius 2 is 1.89 bits per heavy atom. The Kier molecular flexibility index (Phi) is 4.54. The van der Waals surface area contributed by atoms with E-state index in [2.05, 4.69) is 4.98 Å². The number of imidazole rings is 1. The molecule has 0 saturated carbocycles. The lowest BCUT2D eigenvalue weighted by atomic mass is 9.89. The van der Waals surface area contributed by atoms with Crippen molar-refractivity contribution in [2.24, 2.45) is 0 Å². The summed E-state index contributed by atoms with van der Waals surface area (Å²) in [5, 5.41) is 11.1. The van der Waals surface area contributed by atoms with Crippen LogP contribution >= 0.6 is 0 Å². The monoisotopic (exact) mass is 361 g/mol. The summed E-state index contributed by atoms with van der Waals surface area (Å²) in [6.45, 7) is 3.09. The van der Waals surface area contributed by atoms with Gasteiger partial charge in [-0.3, -0.25) is 4.79 Å². The van der Waals surface area contributed by atoms with Crippen molar-refractivity contribution in [1.82, 2.24) is 14.5 Å². The van der Waals surface area contributed by atoms with Gasteiger partial charge in [0.25, 0.3) is 0 Å². The van der Waals surface area contributed by atoms with Crippen molar-refractivity contribution in [3.05, 3.63) is 78.1 Å². The Labute approximate surface area is 158 Å². The molecule has 5 nitrogen and oxygen atoms in total. The minimum absolute atomic E-state index is 0.00492. The van der Waals surface area contributed by atoms with Gasteiger partial charge in [-0.25, -0.2) is 4.98 Å². The highest BCUT2D eigenvalue weighted by Gasteiger charge is 2.40. The number of hydrogen-bond acceptors (Lipinski definition) is 3. The molecule has 2 aromatic carbocycles. The summed E-state index contributed by atoms with van der Waals surface area (Å²) < 4.78 is 1.86. The summed E-state index contributed by atoms with van der Waals surface area (Å²) in [5.41, 5.74) is 1.97. The molecule has 4 rings (SSSR count). The topological polar surface area (TPSA) is 58.4 Å². The van der Waals surface area contributed by atoms with Gasteiger partial charge in [0.15, 0.2) is 0 Å². The summed E-state index contributed by atoms with van der Waals surface area (Å²) >= 11 is 0. The van der Waals surface area contributed by atoms with Crippen LogP contribution in [0.25, 0.3) is 11.4 Å². The van der Waals surface area contributed by atoms with Gasteiger partial charge >= 0.3 is 0 Å². The van der Waals surface area contributed by atoms with Crippen LogP contribution in [0.3, 0.4) is 0 Å². The molecule has 2 heterocycles. The van der Waals surface area contributed by atoms with Crippen LogP contribution < -0.4 is 0 Å². The van der Waals surface area contributed by atoms with E-state index in [4.69, 9.17) is 0 Å². The molecule has 1 aromatic heterocycles. The number of hydrogen-bond donors (Lipinski definition) is 1. The molecular formula is C22H23N3O2. The number of carbonyl (C=O) groups is 1. The molecule has 0 bridgehead atoms. The van der Waals surface area contributed by atoms with Gasteiger partial charge in [0.2, 0.25) is 5.91 Å². The number of nitrogens with zero attached hydrogens (tertiary/aromatic N) is 3. The minimum Gasteiger partial charge on any atom is -0.383 e. The minimum atomic E-state index is -0.974. The molecule has 1 atom stereocenters. The average molecular weight is 361 g/mol. The molecule has 1 aliphatic rings. The number of aryl methyl sites for hydroxylation is 1. The molecule has 0 radical (unpaired) electrons. The van der Waals surface area contributed by atoms with Crippen LogP contribution in [0, 0.1) is 6.92 Å². The van der Waals surface area contributed by atoms with Gasteiger partial charge in [-0.15, -0.1) is 0 Å². The molecule has 1 N–H and O–H groups in total. The second kappa shape index (κ2) is 7.00. The third-order valence-electron chi connectivity index (χ3n) is 5.30. The number of aromatic nitrogens is 2. The second-order valence-electron chi connectivity index (χ2n) is 7.16. The molecule has 0 unspecified atom stereocenters. The fraction of sp³-hybridized carbons (Fsp3) is 0.273. The first-order valence-electron chi connectivity index (χ1n) is 9.20. The van der Waals surface area contributed by atoms with E-state index in [1.54, 1.807) is 11.1 Å². The van der Waals surface area contributed by atoms with Crippen LogP contribution in [-0.2, 0) is 16.9 Å². The predicted molar refractivity (Wildman–Crippen MR) is 104 cm³/mol. The third-order valence-corrected chi connectivity index (χ3v) is 5.30. The molecule has 1 saturated heterocycles. The Bertz CT molecular complexity index is 951. The third kappa shape index (κ3) is 3.38. The first-order valence-corrected chi connectivity index (χ1v) is 9.20. The van der Waals surface area contributed by atoms with E-state index in [1.165, 1.54) is 0 Å². The van der Waals surface area contributed by atoms with E-state index >= 15 is 0 Å². The zero-order valence-electron chi connectivity index (χ0n) is 15.4. The summed E-state index contributed by atoms with van der Waals surface area (Å²) in [5.74, 6) is 0.770. The Morgan fingerprint density at radius 3 is 2.67 bits per heavy atom. The van der Waals surface area contributed by atoms with E-state index in [0.29, 0.717) is 19.5 Å². The van der Waals surface area contributed by atoms with Gasteiger partial charge in [0, 0.05) is 24.5 Å². The molecule has 1 fully saturated rings. The van der Waals surface area contributed by atoms with Gasteiger partial charge in [0.05, 0.1) is 6.54 Å². The quantitative estimate of drug-likeness (QED) is 0.777. The molecule has 27 heavy (non-hydrogen) atoms. The molecule has 1 aliphatic heterocycles. The second-order valence-corrected chi connectivity index (χ2v) is 7.16. The smallest absolute Gasteiger partial charge is 0.242 e. The zero-order chi connectivity index (χ0) is 18.9. The Balaban J connectivity index is 1.50. The number of β-amino-alcohol motifs (C(OH)–C–C–N with tert-alkyl or cyclic N) is 1. The normalized spacial score (nSPS) is 19.4. The van der Waals surface area contributed by atoms with E-state index in [-0.39, 0.29) is 12.5 Å². The zero-order valence-corrected chi connectivity index (χ0v) is 15.4. The van der Waals surface area contributed by atoms with Crippen LogP contribution in [0.5, 0.6) is 0 Å². The van der Waals surface area contributed by atoms with Gasteiger partial charge < -0.3 is 14.6 Å². The van der Waals surface area contributed by atoms with Gasteiger partial charge in [-0.05, 0) is 24.5 Å². The molecular weight excluding hydrogens is 338 g/mol. The van der Waals surface area contributed by atoms with E-state index in [1.807, 2.05) is 72.3 Å². The predicted octanol–water partition coefficient (Wildman–Crippen LogP) is 2.98. The largest absolute Gasteiger partial charge is 0.383 e. The molecule has 138 valence electrons. The van der Waals surface area contributed by atoms with Gasteiger partial charge in [-0.2, -0.15) is 0 Å². The first-order chi connectivity index (χ1) is 13.1. The number of benzene rings is 2. The Morgan fingerprint density at radius 1 is 1.15 bits per heavy atom. The highest BCUT2D eigenvalue weighted by Crippen LogP contribution is 2.34. The molecule has 5 heteroatoms. The Hall–Kier alpha value is -2.92. The molecule has 3 aromatic rings. The number of likely N-dealkylation sites (tertiary alicyclic amines) is 1. The van der Waals surface area contributed by atoms with Crippen molar-refractivity contribution in [3.63, 3.8) is 0 Å². The van der Waals surface area contributed by atoms with E-state index in [9.17, 15) is 9.90 Å². The molecule has 0 aliphatic carbocycles. The standard InChI is InChI=1S/C22H23N3O2/c1-17-7-5-6-10-19(17)22(27)11-13-25(16-22)20(26)15-24-14-12-23-21(24)18-8-3-2-4-9-18/h2-10,12,14,27H,11,13,15-16H2,1H3/t22-/m1/s1. The number of carbonyl (C=O) groups excluding carboxylic acids is 1. The lowest BCUT2D eigenvalue weighted by Crippen LogP contribution is -2.36. The highest BCUT2D eigenvalue weighted by molar-refractivity contribution is 5.77. The maximum Gasteiger partial charge on any atom is 0.242 e. The summed E-state index contributed by atoms with van der Waals surface area (Å²) in [6, 6.07) is 17.7. The fourth-order valence-electron chi connectivity index (χ4n) is 3.85. The summed E-state index contributed by atoms with van der Waals surface area (Å²) in [7, 11) is 0. The van der Waals surface area contributed by atoms with Crippen molar-refractivity contribution in [1.29, 1.82) is 0 Å². The van der Waals surface area contributed by atoms with Crippen LogP contribution in [0.1, 0.15) is 17.5 Å². The van der Waals surface area contributed by atoms with Crippen molar-refractivity contribution in [2.75, 3.05) is 13.1 Å². The number of rotatable bonds is 4. The van der Waals surface area contributed by atoms with Crippen LogP contribution in [0.15, 0.2) is 67.0 Å². The lowest BCUT2D eigenvalue weighted by Gasteiger charge is -2.25. The summed E-state index contributed by atoms with van der Waals surface area (Å²) in [6.07, 6.45) is 4.09. The maximum atomic E-state index is 12.9. The van der Waals surface area contributed by atoms with Crippen molar-refractivity contribution in [3.8, 4) is 11.4 Å². The maximum absolute atomic E-state index is 12.9. The fourth-order valence-corrected chi connectivity index (χ4v) is 3.85. The number of amides is 1.